The van der Waals surface area contributed by atoms with Gasteiger partial charge in [0.15, 0.2) is 5.82 Å². The maximum absolute atomic E-state index is 12.6. The zero-order valence-corrected chi connectivity index (χ0v) is 18.6. The molecular formula is C19H18Cl3N5OS. The van der Waals surface area contributed by atoms with E-state index >= 15 is 0 Å². The third-order valence-corrected chi connectivity index (χ3v) is 6.17. The van der Waals surface area contributed by atoms with Crippen LogP contribution in [0, 0.1) is 0 Å². The van der Waals surface area contributed by atoms with Gasteiger partial charge in [-0.2, -0.15) is 0 Å². The van der Waals surface area contributed by atoms with Crippen LogP contribution in [-0.4, -0.2) is 26.0 Å². The fourth-order valence-corrected chi connectivity index (χ4v) is 4.23. The molecule has 0 unspecified atom stereocenters. The molecule has 10 heteroatoms. The first-order valence-electron chi connectivity index (χ1n) is 8.65. The molecule has 0 spiro atoms. The van der Waals surface area contributed by atoms with Crippen molar-refractivity contribution >= 4 is 52.5 Å². The van der Waals surface area contributed by atoms with Crippen LogP contribution in [-0.2, 0) is 4.79 Å². The molecule has 3 N–H and O–H groups in total. The van der Waals surface area contributed by atoms with E-state index in [4.69, 9.17) is 40.6 Å². The van der Waals surface area contributed by atoms with Crippen molar-refractivity contribution in [3.05, 3.63) is 63.1 Å². The van der Waals surface area contributed by atoms with Gasteiger partial charge >= 0.3 is 0 Å². The molecule has 0 aliphatic heterocycles. The second-order valence-corrected chi connectivity index (χ2v) is 8.87. The van der Waals surface area contributed by atoms with Crippen molar-refractivity contribution in [2.75, 3.05) is 5.84 Å². The van der Waals surface area contributed by atoms with Crippen molar-refractivity contribution < 1.29 is 4.79 Å². The second-order valence-electron chi connectivity index (χ2n) is 6.31. The van der Waals surface area contributed by atoms with Crippen LogP contribution < -0.4 is 11.2 Å². The molecule has 152 valence electrons. The second kappa shape index (κ2) is 9.26. The van der Waals surface area contributed by atoms with E-state index in [9.17, 15) is 4.79 Å². The number of halogens is 3. The van der Waals surface area contributed by atoms with Crippen molar-refractivity contribution in [3.63, 3.8) is 0 Å². The molecule has 1 amide bonds. The number of nitrogens with zero attached hydrogens (tertiary/aromatic N) is 3. The average Bonchev–Trinajstić information content (AvgIpc) is 3.02. The molecular weight excluding hydrogens is 453 g/mol. The summed E-state index contributed by atoms with van der Waals surface area (Å²) in [5.74, 6) is 6.37. The van der Waals surface area contributed by atoms with E-state index in [-0.39, 0.29) is 11.9 Å². The first-order chi connectivity index (χ1) is 13.8. The third-order valence-electron chi connectivity index (χ3n) is 4.22. The lowest BCUT2D eigenvalue weighted by atomic mass is 10.1. The summed E-state index contributed by atoms with van der Waals surface area (Å²) in [7, 11) is 0. The van der Waals surface area contributed by atoms with E-state index in [0.29, 0.717) is 31.6 Å². The molecule has 0 saturated carbocycles. The average molecular weight is 471 g/mol. The molecule has 2 atom stereocenters. The highest BCUT2D eigenvalue weighted by Crippen LogP contribution is 2.30. The van der Waals surface area contributed by atoms with Gasteiger partial charge in [0, 0.05) is 15.6 Å². The van der Waals surface area contributed by atoms with Gasteiger partial charge in [-0.1, -0.05) is 64.8 Å². The number of hydrogen-bond donors (Lipinski definition) is 2. The lowest BCUT2D eigenvalue weighted by molar-refractivity contribution is -0.120. The Bertz CT molecular complexity index is 1040. The number of nitrogens with two attached hydrogens (primary N) is 1. The Morgan fingerprint density at radius 1 is 1.10 bits per heavy atom. The first kappa shape index (κ1) is 21.8. The predicted octanol–water partition coefficient (Wildman–Crippen LogP) is 4.98. The normalized spacial score (nSPS) is 13.1. The highest BCUT2D eigenvalue weighted by atomic mass is 35.5. The highest BCUT2D eigenvalue weighted by Gasteiger charge is 2.22. The minimum Gasteiger partial charge on any atom is -0.349 e. The summed E-state index contributed by atoms with van der Waals surface area (Å²) in [6.07, 6.45) is 0. The van der Waals surface area contributed by atoms with Crippen LogP contribution in [0.2, 0.25) is 15.1 Å². The van der Waals surface area contributed by atoms with Gasteiger partial charge in [-0.05, 0) is 43.7 Å². The minimum atomic E-state index is -0.464. The molecule has 1 aromatic heterocycles. The van der Waals surface area contributed by atoms with E-state index in [0.717, 1.165) is 5.56 Å². The largest absolute Gasteiger partial charge is 0.349 e. The summed E-state index contributed by atoms with van der Waals surface area (Å²) < 4.78 is 1.33. The number of thioether (sulfide) groups is 1. The van der Waals surface area contributed by atoms with Crippen LogP contribution in [0.25, 0.3) is 11.4 Å². The van der Waals surface area contributed by atoms with E-state index in [1.807, 2.05) is 19.1 Å². The number of aromatic nitrogens is 3. The molecule has 1 heterocycles. The Labute approximate surface area is 187 Å². The van der Waals surface area contributed by atoms with E-state index in [1.54, 1.807) is 37.3 Å². The molecule has 0 aliphatic rings. The van der Waals surface area contributed by atoms with Crippen LogP contribution in [0.4, 0.5) is 0 Å². The molecule has 0 aliphatic carbocycles. The molecule has 0 bridgehead atoms. The van der Waals surface area contributed by atoms with Gasteiger partial charge in [0.1, 0.15) is 0 Å². The number of hydrogen-bond acceptors (Lipinski definition) is 5. The Kier molecular flexibility index (Phi) is 6.95. The zero-order valence-electron chi connectivity index (χ0n) is 15.6. The van der Waals surface area contributed by atoms with E-state index < -0.39 is 5.25 Å². The number of benzene rings is 2. The number of amides is 1. The summed E-state index contributed by atoms with van der Waals surface area (Å²) in [6, 6.07) is 12.1. The minimum absolute atomic E-state index is 0.184. The summed E-state index contributed by atoms with van der Waals surface area (Å²) in [4.78, 5) is 12.6. The molecule has 3 rings (SSSR count). The molecule has 0 radical (unpaired) electrons. The lowest BCUT2D eigenvalue weighted by Crippen LogP contribution is -2.33. The van der Waals surface area contributed by atoms with Crippen molar-refractivity contribution in [2.24, 2.45) is 0 Å². The smallest absolute Gasteiger partial charge is 0.233 e. The number of carbonyl (C=O) groups is 1. The van der Waals surface area contributed by atoms with Gasteiger partial charge in [-0.25, -0.2) is 4.68 Å². The summed E-state index contributed by atoms with van der Waals surface area (Å²) in [5.41, 5.74) is 1.45. The van der Waals surface area contributed by atoms with E-state index in [1.165, 1.54) is 16.4 Å². The molecule has 0 fully saturated rings. The fraction of sp³-hybridized carbons (Fsp3) is 0.211. The molecule has 0 saturated heterocycles. The Hall–Kier alpha value is -1.93. The van der Waals surface area contributed by atoms with Crippen LogP contribution in [0.1, 0.15) is 25.5 Å². The Morgan fingerprint density at radius 3 is 2.52 bits per heavy atom. The summed E-state index contributed by atoms with van der Waals surface area (Å²) in [6.45, 7) is 3.62. The molecule has 2 aromatic carbocycles. The quantitative estimate of drug-likeness (QED) is 0.392. The Balaban J connectivity index is 1.69. The maximum Gasteiger partial charge on any atom is 0.233 e. The first-order valence-corrected chi connectivity index (χ1v) is 10.7. The van der Waals surface area contributed by atoms with Gasteiger partial charge in [0.25, 0.3) is 0 Å². The third kappa shape index (κ3) is 4.98. The van der Waals surface area contributed by atoms with Gasteiger partial charge < -0.3 is 11.2 Å². The summed E-state index contributed by atoms with van der Waals surface area (Å²) in [5, 5.41) is 12.6. The maximum atomic E-state index is 12.6. The van der Waals surface area contributed by atoms with Gasteiger partial charge in [-0.15, -0.1) is 10.2 Å². The van der Waals surface area contributed by atoms with Gasteiger partial charge in [-0.3, -0.25) is 4.79 Å². The number of rotatable bonds is 6. The summed E-state index contributed by atoms with van der Waals surface area (Å²) >= 11 is 19.6. The van der Waals surface area contributed by atoms with Crippen LogP contribution in [0.3, 0.4) is 0 Å². The monoisotopic (exact) mass is 469 g/mol. The number of carbonyl (C=O) groups excluding carboxylic acids is 1. The van der Waals surface area contributed by atoms with Crippen LogP contribution in [0.15, 0.2) is 47.6 Å². The van der Waals surface area contributed by atoms with Crippen molar-refractivity contribution in [1.82, 2.24) is 20.2 Å². The zero-order chi connectivity index (χ0) is 21.1. The van der Waals surface area contributed by atoms with Crippen molar-refractivity contribution in [2.45, 2.75) is 30.3 Å². The fourth-order valence-electron chi connectivity index (χ4n) is 2.66. The van der Waals surface area contributed by atoms with Crippen molar-refractivity contribution in [1.29, 1.82) is 0 Å². The lowest BCUT2D eigenvalue weighted by Gasteiger charge is -2.18. The van der Waals surface area contributed by atoms with Crippen LogP contribution in [0.5, 0.6) is 0 Å². The Morgan fingerprint density at radius 2 is 1.83 bits per heavy atom. The van der Waals surface area contributed by atoms with Gasteiger partial charge in [0.2, 0.25) is 11.1 Å². The van der Waals surface area contributed by atoms with E-state index in [2.05, 4.69) is 15.5 Å². The van der Waals surface area contributed by atoms with Gasteiger partial charge in [0.05, 0.1) is 16.3 Å². The SMILES string of the molecule is C[C@@H](Sc1nnc(-c2ccccc2Cl)n1N)C(=O)N[C@H](C)c1ccc(Cl)cc1Cl. The molecule has 3 aromatic rings. The van der Waals surface area contributed by atoms with Crippen molar-refractivity contribution in [3.8, 4) is 11.4 Å². The predicted molar refractivity (Wildman–Crippen MR) is 119 cm³/mol. The van der Waals surface area contributed by atoms with Crippen LogP contribution >= 0.6 is 46.6 Å². The number of nitrogen functional groups attached to an aromatic ring is 1. The highest BCUT2D eigenvalue weighted by molar-refractivity contribution is 8.00. The standard InChI is InChI=1S/C19H18Cl3N5OS/c1-10(13-8-7-12(20)9-16(13)22)24-18(28)11(2)29-19-26-25-17(27(19)23)14-5-3-4-6-15(14)21/h3-11H,23H2,1-2H3,(H,24,28)/t10-,11-/m1/s1. The molecule has 29 heavy (non-hydrogen) atoms. The molecule has 6 nitrogen and oxygen atoms in total. The number of nitrogens with one attached hydrogen (secondary N) is 1. The topological polar surface area (TPSA) is 85.8 Å².